The van der Waals surface area contributed by atoms with Crippen LogP contribution in [-0.4, -0.2) is 28.0 Å². The first-order valence-corrected chi connectivity index (χ1v) is 7.76. The van der Waals surface area contributed by atoms with Crippen molar-refractivity contribution in [1.29, 1.82) is 0 Å². The van der Waals surface area contributed by atoms with Gasteiger partial charge in [0.15, 0.2) is 0 Å². The summed E-state index contributed by atoms with van der Waals surface area (Å²) < 4.78 is 1.53. The Hall–Kier alpha value is -2.36. The molecule has 114 valence electrons. The molecule has 1 fully saturated rings. The van der Waals surface area contributed by atoms with E-state index >= 15 is 0 Å². The SMILES string of the molecule is C[C@@H]1CCCCN1C(=O)c1ccc(=O)n(-c2ccccc2)c1. The summed E-state index contributed by atoms with van der Waals surface area (Å²) in [6.07, 6.45) is 4.92. The molecule has 4 nitrogen and oxygen atoms in total. The maximum Gasteiger partial charge on any atom is 0.255 e. The van der Waals surface area contributed by atoms with Crippen LogP contribution in [0.15, 0.2) is 53.5 Å². The lowest BCUT2D eigenvalue weighted by Gasteiger charge is -2.33. The molecule has 0 saturated carbocycles. The van der Waals surface area contributed by atoms with Crippen LogP contribution in [0.4, 0.5) is 0 Å². The number of hydrogen-bond acceptors (Lipinski definition) is 2. The van der Waals surface area contributed by atoms with E-state index in [1.54, 1.807) is 12.3 Å². The summed E-state index contributed by atoms with van der Waals surface area (Å²) in [7, 11) is 0. The number of rotatable bonds is 2. The van der Waals surface area contributed by atoms with Crippen molar-refractivity contribution in [3.8, 4) is 5.69 Å². The van der Waals surface area contributed by atoms with Gasteiger partial charge in [0, 0.05) is 30.5 Å². The molecule has 1 amide bonds. The first-order chi connectivity index (χ1) is 10.7. The Morgan fingerprint density at radius 3 is 2.59 bits per heavy atom. The number of pyridine rings is 1. The molecule has 1 aromatic carbocycles. The zero-order valence-electron chi connectivity index (χ0n) is 12.7. The lowest BCUT2D eigenvalue weighted by molar-refractivity contribution is 0.0635. The van der Waals surface area contributed by atoms with Gasteiger partial charge in [0.2, 0.25) is 0 Å². The number of carbonyl (C=O) groups is 1. The molecular formula is C18H20N2O2. The molecule has 0 bridgehead atoms. The number of likely N-dealkylation sites (tertiary alicyclic amines) is 1. The third kappa shape index (κ3) is 2.82. The Bertz CT molecular complexity index is 721. The molecule has 1 aliphatic rings. The van der Waals surface area contributed by atoms with Crippen molar-refractivity contribution < 1.29 is 4.79 Å². The number of para-hydroxylation sites is 1. The minimum atomic E-state index is -0.130. The summed E-state index contributed by atoms with van der Waals surface area (Å²) in [5.74, 6) is 0.0110. The van der Waals surface area contributed by atoms with Crippen molar-refractivity contribution >= 4 is 5.91 Å². The van der Waals surface area contributed by atoms with Crippen LogP contribution in [0.5, 0.6) is 0 Å². The van der Waals surface area contributed by atoms with Gasteiger partial charge >= 0.3 is 0 Å². The molecular weight excluding hydrogens is 276 g/mol. The van der Waals surface area contributed by atoms with Gasteiger partial charge in [-0.05, 0) is 44.4 Å². The van der Waals surface area contributed by atoms with Crippen LogP contribution >= 0.6 is 0 Å². The molecule has 2 aromatic rings. The Morgan fingerprint density at radius 1 is 1.09 bits per heavy atom. The molecule has 1 atom stereocenters. The smallest absolute Gasteiger partial charge is 0.255 e. The van der Waals surface area contributed by atoms with E-state index < -0.39 is 0 Å². The van der Waals surface area contributed by atoms with Gasteiger partial charge in [-0.2, -0.15) is 0 Å². The maximum atomic E-state index is 12.7. The van der Waals surface area contributed by atoms with Gasteiger partial charge in [0.05, 0.1) is 5.56 Å². The van der Waals surface area contributed by atoms with Gasteiger partial charge in [-0.3, -0.25) is 14.2 Å². The fourth-order valence-corrected chi connectivity index (χ4v) is 2.97. The summed E-state index contributed by atoms with van der Waals surface area (Å²) in [4.78, 5) is 26.7. The van der Waals surface area contributed by atoms with E-state index in [9.17, 15) is 9.59 Å². The molecule has 0 aliphatic carbocycles. The van der Waals surface area contributed by atoms with E-state index in [-0.39, 0.29) is 17.5 Å². The average Bonchev–Trinajstić information content (AvgIpc) is 2.56. The zero-order valence-corrected chi connectivity index (χ0v) is 12.7. The minimum Gasteiger partial charge on any atom is -0.336 e. The number of piperidine rings is 1. The summed E-state index contributed by atoms with van der Waals surface area (Å²) in [5, 5.41) is 0. The van der Waals surface area contributed by atoms with Gasteiger partial charge < -0.3 is 4.90 Å². The van der Waals surface area contributed by atoms with E-state index in [1.165, 1.54) is 17.1 Å². The number of nitrogens with zero attached hydrogens (tertiary/aromatic N) is 2. The van der Waals surface area contributed by atoms with E-state index in [1.807, 2.05) is 35.2 Å². The molecule has 1 saturated heterocycles. The van der Waals surface area contributed by atoms with Gasteiger partial charge in [0.1, 0.15) is 0 Å². The van der Waals surface area contributed by atoms with Crippen LogP contribution in [0.1, 0.15) is 36.5 Å². The second-order valence-electron chi connectivity index (χ2n) is 5.80. The molecule has 1 aromatic heterocycles. The fourth-order valence-electron chi connectivity index (χ4n) is 2.97. The van der Waals surface area contributed by atoms with Gasteiger partial charge in [-0.1, -0.05) is 18.2 Å². The second kappa shape index (κ2) is 6.18. The highest BCUT2D eigenvalue weighted by Crippen LogP contribution is 2.19. The molecule has 4 heteroatoms. The summed E-state index contributed by atoms with van der Waals surface area (Å²) in [5.41, 5.74) is 1.21. The number of carbonyl (C=O) groups excluding carboxylic acids is 1. The predicted molar refractivity (Wildman–Crippen MR) is 86.4 cm³/mol. The van der Waals surface area contributed by atoms with Crippen molar-refractivity contribution in [3.05, 3.63) is 64.6 Å². The van der Waals surface area contributed by atoms with Crippen molar-refractivity contribution in [3.63, 3.8) is 0 Å². The average molecular weight is 296 g/mol. The molecule has 0 radical (unpaired) electrons. The Balaban J connectivity index is 1.95. The highest BCUT2D eigenvalue weighted by Gasteiger charge is 2.24. The largest absolute Gasteiger partial charge is 0.336 e. The normalized spacial score (nSPS) is 18.2. The third-order valence-electron chi connectivity index (χ3n) is 4.26. The van der Waals surface area contributed by atoms with Crippen LogP contribution in [0.3, 0.4) is 0 Å². The first kappa shape index (κ1) is 14.6. The molecule has 2 heterocycles. The Labute approximate surface area is 130 Å². The number of benzene rings is 1. The van der Waals surface area contributed by atoms with Crippen molar-refractivity contribution in [1.82, 2.24) is 9.47 Å². The highest BCUT2D eigenvalue weighted by atomic mass is 16.2. The molecule has 3 rings (SSSR count). The molecule has 0 N–H and O–H groups in total. The van der Waals surface area contributed by atoms with Crippen LogP contribution in [0.2, 0.25) is 0 Å². The van der Waals surface area contributed by atoms with Crippen molar-refractivity contribution in [2.45, 2.75) is 32.2 Å². The monoisotopic (exact) mass is 296 g/mol. The predicted octanol–water partition coefficient (Wildman–Crippen LogP) is 2.85. The summed E-state index contributed by atoms with van der Waals surface area (Å²) >= 11 is 0. The summed E-state index contributed by atoms with van der Waals surface area (Å²) in [6, 6.07) is 12.7. The highest BCUT2D eigenvalue weighted by molar-refractivity contribution is 5.94. The van der Waals surface area contributed by atoms with Crippen molar-refractivity contribution in [2.24, 2.45) is 0 Å². The first-order valence-electron chi connectivity index (χ1n) is 7.76. The van der Waals surface area contributed by atoms with E-state index in [4.69, 9.17) is 0 Å². The van der Waals surface area contributed by atoms with Gasteiger partial charge in [-0.15, -0.1) is 0 Å². The fraction of sp³-hybridized carbons (Fsp3) is 0.333. The lowest BCUT2D eigenvalue weighted by Crippen LogP contribution is -2.42. The van der Waals surface area contributed by atoms with E-state index in [0.717, 1.165) is 25.1 Å². The quantitative estimate of drug-likeness (QED) is 0.855. The number of amides is 1. The topological polar surface area (TPSA) is 42.3 Å². The second-order valence-corrected chi connectivity index (χ2v) is 5.80. The molecule has 1 aliphatic heterocycles. The van der Waals surface area contributed by atoms with Crippen LogP contribution in [-0.2, 0) is 0 Å². The summed E-state index contributed by atoms with van der Waals surface area (Å²) in [6.45, 7) is 2.88. The minimum absolute atomic E-state index is 0.0110. The van der Waals surface area contributed by atoms with Crippen LogP contribution in [0.25, 0.3) is 5.69 Å². The standard InChI is InChI=1S/C18H20N2O2/c1-14-7-5-6-12-19(14)18(22)15-10-11-17(21)20(13-15)16-8-3-2-4-9-16/h2-4,8-11,13-14H,5-7,12H2,1H3/t14-/m1/s1. The number of hydrogen-bond donors (Lipinski definition) is 0. The number of aromatic nitrogens is 1. The maximum absolute atomic E-state index is 12.7. The third-order valence-corrected chi connectivity index (χ3v) is 4.26. The molecule has 0 unspecified atom stereocenters. The van der Waals surface area contributed by atoms with Gasteiger partial charge in [-0.25, -0.2) is 0 Å². The van der Waals surface area contributed by atoms with E-state index in [2.05, 4.69) is 6.92 Å². The van der Waals surface area contributed by atoms with Crippen LogP contribution in [0, 0.1) is 0 Å². The van der Waals surface area contributed by atoms with Crippen molar-refractivity contribution in [2.75, 3.05) is 6.54 Å². The Kier molecular flexibility index (Phi) is 4.09. The van der Waals surface area contributed by atoms with Gasteiger partial charge in [0.25, 0.3) is 11.5 Å². The Morgan fingerprint density at radius 2 is 1.86 bits per heavy atom. The van der Waals surface area contributed by atoms with Crippen LogP contribution < -0.4 is 5.56 Å². The van der Waals surface area contributed by atoms with E-state index in [0.29, 0.717) is 5.56 Å². The zero-order chi connectivity index (χ0) is 15.5. The molecule has 0 spiro atoms. The molecule has 22 heavy (non-hydrogen) atoms. The lowest BCUT2D eigenvalue weighted by atomic mass is 10.0.